The number of pyridine rings is 1. The van der Waals surface area contributed by atoms with Gasteiger partial charge in [-0.05, 0) is 25.0 Å². The Morgan fingerprint density at radius 1 is 1.16 bits per heavy atom. The maximum atomic E-state index is 13.0. The Balaban J connectivity index is 1.45. The zero-order chi connectivity index (χ0) is 17.0. The molecule has 130 valence electrons. The molecule has 2 aromatic rings. The molecule has 2 N–H and O–H groups in total. The first-order chi connectivity index (χ1) is 12.2. The molecule has 2 aliphatic heterocycles. The maximum absolute atomic E-state index is 13.0. The molecule has 3 heterocycles. The second-order valence-electron chi connectivity index (χ2n) is 7.13. The van der Waals surface area contributed by atoms with E-state index in [1.165, 1.54) is 0 Å². The van der Waals surface area contributed by atoms with Crippen molar-refractivity contribution < 1.29 is 19.4 Å². The van der Waals surface area contributed by atoms with Crippen LogP contribution in [0.2, 0.25) is 0 Å². The molecule has 1 aromatic heterocycles. The van der Waals surface area contributed by atoms with Crippen molar-refractivity contribution in [1.82, 2.24) is 10.3 Å². The molecule has 1 aromatic carbocycles. The van der Waals surface area contributed by atoms with Crippen LogP contribution in [-0.4, -0.2) is 53.6 Å². The molecule has 0 radical (unpaired) electrons. The molecule has 25 heavy (non-hydrogen) atoms. The molecule has 2 saturated heterocycles. The number of aromatic nitrogens is 1. The SMILES string of the molecule is O=C(N[C@@H]1CO[C@H]2[C@@H]1OC[C@H]2O)c1cc(C2CC2)nc2ccccc12. The molecule has 0 bridgehead atoms. The smallest absolute Gasteiger partial charge is 0.252 e. The molecule has 4 atom stereocenters. The Labute approximate surface area is 145 Å². The molecular formula is C19H20N2O4. The average Bonchev–Trinajstić information content (AvgIpc) is 3.31. The number of carbonyl (C=O) groups excluding carboxylic acids is 1. The number of fused-ring (bicyclic) bond motifs is 2. The van der Waals surface area contributed by atoms with E-state index in [4.69, 9.17) is 14.5 Å². The lowest BCUT2D eigenvalue weighted by atomic mass is 10.0. The van der Waals surface area contributed by atoms with Crippen molar-refractivity contribution in [2.24, 2.45) is 0 Å². The summed E-state index contributed by atoms with van der Waals surface area (Å²) in [5.74, 6) is 0.336. The summed E-state index contributed by atoms with van der Waals surface area (Å²) in [5, 5.41) is 13.7. The van der Waals surface area contributed by atoms with E-state index in [0.29, 0.717) is 18.1 Å². The van der Waals surface area contributed by atoms with E-state index in [9.17, 15) is 9.90 Å². The van der Waals surface area contributed by atoms with Gasteiger partial charge in [0.15, 0.2) is 0 Å². The van der Waals surface area contributed by atoms with Gasteiger partial charge in [-0.15, -0.1) is 0 Å². The predicted octanol–water partition coefficient (Wildman–Crippen LogP) is 1.37. The summed E-state index contributed by atoms with van der Waals surface area (Å²) in [6.07, 6.45) is 1.03. The Morgan fingerprint density at radius 2 is 1.96 bits per heavy atom. The highest BCUT2D eigenvalue weighted by atomic mass is 16.6. The minimum atomic E-state index is -0.616. The van der Waals surface area contributed by atoms with Crippen LogP contribution in [-0.2, 0) is 9.47 Å². The number of nitrogens with one attached hydrogen (secondary N) is 1. The standard InChI is InChI=1S/C19H20N2O4/c22-16-9-25-17-15(8-24-18(16)17)21-19(23)12-7-14(10-5-6-10)20-13-4-2-1-3-11(12)13/h1-4,7,10,15-18,22H,5-6,8-9H2,(H,21,23)/t15-,16-,17-,18-/m1/s1. The first-order valence-electron chi connectivity index (χ1n) is 8.82. The van der Waals surface area contributed by atoms with Crippen LogP contribution in [0.15, 0.2) is 30.3 Å². The summed E-state index contributed by atoms with van der Waals surface area (Å²) < 4.78 is 11.2. The first-order valence-corrected chi connectivity index (χ1v) is 8.82. The number of ether oxygens (including phenoxy) is 2. The van der Waals surface area contributed by atoms with Gasteiger partial charge in [0.25, 0.3) is 5.91 Å². The fraction of sp³-hybridized carbons (Fsp3) is 0.474. The zero-order valence-electron chi connectivity index (χ0n) is 13.7. The third kappa shape index (κ3) is 2.61. The number of hydrogen-bond donors (Lipinski definition) is 2. The van der Waals surface area contributed by atoms with E-state index >= 15 is 0 Å². The van der Waals surface area contributed by atoms with Gasteiger partial charge in [0, 0.05) is 17.0 Å². The molecule has 1 aliphatic carbocycles. The van der Waals surface area contributed by atoms with Crippen LogP contribution in [0.25, 0.3) is 10.9 Å². The van der Waals surface area contributed by atoms with E-state index in [-0.39, 0.29) is 30.8 Å². The summed E-state index contributed by atoms with van der Waals surface area (Å²) >= 11 is 0. The Morgan fingerprint density at radius 3 is 2.80 bits per heavy atom. The molecular weight excluding hydrogens is 320 g/mol. The summed E-state index contributed by atoms with van der Waals surface area (Å²) in [6.45, 7) is 0.613. The number of carbonyl (C=O) groups is 1. The van der Waals surface area contributed by atoms with Gasteiger partial charge in [-0.2, -0.15) is 0 Å². The highest BCUT2D eigenvalue weighted by Crippen LogP contribution is 2.40. The lowest BCUT2D eigenvalue weighted by molar-refractivity contribution is 0.0178. The molecule has 5 rings (SSSR count). The normalized spacial score (nSPS) is 31.2. The molecule has 0 unspecified atom stereocenters. The number of nitrogens with zero attached hydrogens (tertiary/aromatic N) is 1. The van der Waals surface area contributed by atoms with Crippen molar-refractivity contribution in [2.75, 3.05) is 13.2 Å². The van der Waals surface area contributed by atoms with Crippen LogP contribution >= 0.6 is 0 Å². The highest BCUT2D eigenvalue weighted by Gasteiger charge is 2.47. The van der Waals surface area contributed by atoms with Gasteiger partial charge < -0.3 is 19.9 Å². The second-order valence-corrected chi connectivity index (χ2v) is 7.13. The topological polar surface area (TPSA) is 80.7 Å². The number of amides is 1. The van der Waals surface area contributed by atoms with Gasteiger partial charge in [-0.3, -0.25) is 9.78 Å². The van der Waals surface area contributed by atoms with Crippen LogP contribution < -0.4 is 5.32 Å². The zero-order valence-corrected chi connectivity index (χ0v) is 13.7. The van der Waals surface area contributed by atoms with Gasteiger partial charge in [0.05, 0.1) is 30.3 Å². The molecule has 3 aliphatic rings. The van der Waals surface area contributed by atoms with Gasteiger partial charge >= 0.3 is 0 Å². The van der Waals surface area contributed by atoms with Gasteiger partial charge in [-0.1, -0.05) is 18.2 Å². The number of aliphatic hydroxyl groups excluding tert-OH is 1. The Bertz CT molecular complexity index is 835. The molecule has 1 saturated carbocycles. The fourth-order valence-electron chi connectivity index (χ4n) is 3.82. The van der Waals surface area contributed by atoms with Gasteiger partial charge in [0.2, 0.25) is 0 Å². The Kier molecular flexibility index (Phi) is 3.51. The fourth-order valence-corrected chi connectivity index (χ4v) is 3.82. The summed E-state index contributed by atoms with van der Waals surface area (Å²) in [4.78, 5) is 17.7. The molecule has 1 amide bonds. The number of aliphatic hydroxyl groups is 1. The minimum Gasteiger partial charge on any atom is -0.388 e. The van der Waals surface area contributed by atoms with Crippen molar-refractivity contribution in [1.29, 1.82) is 0 Å². The monoisotopic (exact) mass is 340 g/mol. The highest BCUT2D eigenvalue weighted by molar-refractivity contribution is 6.06. The first kappa shape index (κ1) is 15.3. The molecule has 0 spiro atoms. The summed E-state index contributed by atoms with van der Waals surface area (Å²) in [5.41, 5.74) is 2.50. The minimum absolute atomic E-state index is 0.139. The van der Waals surface area contributed by atoms with Gasteiger partial charge in [0.1, 0.15) is 18.3 Å². The quantitative estimate of drug-likeness (QED) is 0.882. The van der Waals surface area contributed by atoms with Crippen molar-refractivity contribution >= 4 is 16.8 Å². The second kappa shape index (κ2) is 5.76. The number of hydrogen-bond acceptors (Lipinski definition) is 5. The van der Waals surface area contributed by atoms with Crippen LogP contribution in [0.1, 0.15) is 34.8 Å². The van der Waals surface area contributed by atoms with Crippen LogP contribution in [0, 0.1) is 0 Å². The average molecular weight is 340 g/mol. The van der Waals surface area contributed by atoms with Crippen LogP contribution in [0.5, 0.6) is 0 Å². The Hall–Kier alpha value is -2.02. The van der Waals surface area contributed by atoms with Crippen molar-refractivity contribution in [3.8, 4) is 0 Å². The van der Waals surface area contributed by atoms with E-state index in [1.807, 2.05) is 30.3 Å². The van der Waals surface area contributed by atoms with E-state index < -0.39 is 6.10 Å². The number of rotatable bonds is 3. The molecule has 3 fully saturated rings. The third-order valence-corrected chi connectivity index (χ3v) is 5.32. The van der Waals surface area contributed by atoms with Crippen molar-refractivity contribution in [3.05, 3.63) is 41.6 Å². The van der Waals surface area contributed by atoms with E-state index in [2.05, 4.69) is 5.32 Å². The summed E-state index contributed by atoms with van der Waals surface area (Å²) in [7, 11) is 0. The van der Waals surface area contributed by atoms with E-state index in [1.54, 1.807) is 0 Å². The van der Waals surface area contributed by atoms with Gasteiger partial charge in [-0.25, -0.2) is 0 Å². The lowest BCUT2D eigenvalue weighted by Gasteiger charge is -2.18. The van der Waals surface area contributed by atoms with E-state index in [0.717, 1.165) is 29.4 Å². The largest absolute Gasteiger partial charge is 0.388 e. The third-order valence-electron chi connectivity index (χ3n) is 5.32. The van der Waals surface area contributed by atoms with Crippen LogP contribution in [0.4, 0.5) is 0 Å². The maximum Gasteiger partial charge on any atom is 0.252 e. The summed E-state index contributed by atoms with van der Waals surface area (Å²) in [6, 6.07) is 9.42. The molecule has 6 heteroatoms. The van der Waals surface area contributed by atoms with Crippen molar-refractivity contribution in [2.45, 2.75) is 43.1 Å². The molecule has 6 nitrogen and oxygen atoms in total. The predicted molar refractivity (Wildman–Crippen MR) is 90.5 cm³/mol. The lowest BCUT2D eigenvalue weighted by Crippen LogP contribution is -2.44. The van der Waals surface area contributed by atoms with Crippen LogP contribution in [0.3, 0.4) is 0 Å². The number of para-hydroxylation sites is 1. The van der Waals surface area contributed by atoms with Crippen molar-refractivity contribution in [3.63, 3.8) is 0 Å². The number of benzene rings is 1.